The van der Waals surface area contributed by atoms with Crippen molar-refractivity contribution < 1.29 is 57.1 Å². The van der Waals surface area contributed by atoms with Crippen LogP contribution in [0.15, 0.2) is 48.5 Å². The molecule has 0 bridgehead atoms. The first kappa shape index (κ1) is 34.8. The van der Waals surface area contributed by atoms with E-state index >= 15 is 0 Å². The number of esters is 3. The Hall–Kier alpha value is -4.19. The third kappa shape index (κ3) is 15.9. The number of rotatable bonds is 9. The Kier molecular flexibility index (Phi) is 16.1. The summed E-state index contributed by atoms with van der Waals surface area (Å²) < 4.78 is 43.9. The molecular formula is C29H37FO11. The molecule has 226 valence electrons. The van der Waals surface area contributed by atoms with Crippen molar-refractivity contribution in [2.24, 2.45) is 0 Å². The lowest BCUT2D eigenvalue weighted by Crippen LogP contribution is -2.47. The summed E-state index contributed by atoms with van der Waals surface area (Å²) in [5, 5.41) is 7.42. The Labute approximate surface area is 238 Å². The standard InChI is InChI=1S/C15H15FO2.C12H18O7.C2H4O2/c1-17-15-5-3-2-4-12(15)10-11-18-14-8-6-13(16)7-9-14;1-7(13)16-5-10-4-11(18-8(2)14)12(6-17-10)19-9(3)15;1-2(3)4/h2-9H,10-11H2,1H3;10-12H,4-6H2,1-3H3;1H3,(H,3,4)/t;10-,11?,12-;/m.0./s1. The number of methoxy groups -OCH3 is 1. The van der Waals surface area contributed by atoms with Crippen molar-refractivity contribution in [2.75, 3.05) is 26.9 Å². The van der Waals surface area contributed by atoms with Crippen LogP contribution in [0.4, 0.5) is 4.39 Å². The molecule has 0 aliphatic carbocycles. The molecule has 1 N–H and O–H groups in total. The predicted octanol–water partition coefficient (Wildman–Crippen LogP) is 3.75. The van der Waals surface area contributed by atoms with Gasteiger partial charge in [0.2, 0.25) is 0 Å². The Balaban J connectivity index is 0.000000363. The van der Waals surface area contributed by atoms with Gasteiger partial charge in [-0.15, -0.1) is 0 Å². The van der Waals surface area contributed by atoms with Crippen molar-refractivity contribution in [3.63, 3.8) is 0 Å². The highest BCUT2D eigenvalue weighted by atomic mass is 19.1. The van der Waals surface area contributed by atoms with Crippen LogP contribution in [0.1, 0.15) is 39.7 Å². The zero-order valence-electron chi connectivity index (χ0n) is 23.8. The Morgan fingerprint density at radius 1 is 0.902 bits per heavy atom. The first-order chi connectivity index (χ1) is 19.4. The van der Waals surface area contributed by atoms with Gasteiger partial charge in [0.05, 0.1) is 26.4 Å². The summed E-state index contributed by atoms with van der Waals surface area (Å²) >= 11 is 0. The second-order valence-corrected chi connectivity index (χ2v) is 8.67. The molecule has 1 fully saturated rings. The van der Waals surface area contributed by atoms with Crippen LogP contribution in [0.5, 0.6) is 11.5 Å². The fourth-order valence-corrected chi connectivity index (χ4v) is 3.52. The minimum absolute atomic E-state index is 0.0832. The molecule has 1 aliphatic heterocycles. The SMILES string of the molecule is CC(=O)O.CC(=O)OC[C@@H]1CC(OC(C)=O)[C@@H](OC(C)=O)CO1.COc1ccccc1CCOc1ccc(F)cc1. The summed E-state index contributed by atoms with van der Waals surface area (Å²) in [6.45, 7) is 5.65. The number of ether oxygens (including phenoxy) is 6. The summed E-state index contributed by atoms with van der Waals surface area (Å²) in [5.74, 6) is -0.896. The highest BCUT2D eigenvalue weighted by Gasteiger charge is 2.36. The maximum Gasteiger partial charge on any atom is 0.303 e. The van der Waals surface area contributed by atoms with Crippen molar-refractivity contribution in [1.82, 2.24) is 0 Å². The zero-order valence-corrected chi connectivity index (χ0v) is 23.8. The number of carboxylic acid groups (broad SMARTS) is 1. The average molecular weight is 581 g/mol. The van der Waals surface area contributed by atoms with Gasteiger partial charge in [-0.3, -0.25) is 19.2 Å². The van der Waals surface area contributed by atoms with Gasteiger partial charge in [-0.1, -0.05) is 18.2 Å². The molecule has 12 heteroatoms. The summed E-state index contributed by atoms with van der Waals surface area (Å²) in [6.07, 6.45) is -0.530. The van der Waals surface area contributed by atoms with Crippen molar-refractivity contribution >= 4 is 23.9 Å². The number of aliphatic carboxylic acids is 1. The van der Waals surface area contributed by atoms with Gasteiger partial charge in [0.15, 0.2) is 6.10 Å². The summed E-state index contributed by atoms with van der Waals surface area (Å²) in [5.41, 5.74) is 1.10. The number of carbonyl (C=O) groups is 4. The monoisotopic (exact) mass is 580 g/mol. The van der Waals surface area contributed by atoms with Crippen molar-refractivity contribution in [1.29, 1.82) is 0 Å². The fourth-order valence-electron chi connectivity index (χ4n) is 3.52. The number of halogens is 1. The molecule has 3 atom stereocenters. The van der Waals surface area contributed by atoms with Gasteiger partial charge in [-0.25, -0.2) is 4.39 Å². The van der Waals surface area contributed by atoms with E-state index in [1.54, 1.807) is 19.2 Å². The van der Waals surface area contributed by atoms with Gasteiger partial charge in [-0.05, 0) is 35.9 Å². The van der Waals surface area contributed by atoms with Crippen LogP contribution in [-0.2, 0) is 44.5 Å². The van der Waals surface area contributed by atoms with Gasteiger partial charge in [0.25, 0.3) is 5.97 Å². The Bertz CT molecular complexity index is 1100. The molecule has 1 heterocycles. The van der Waals surface area contributed by atoms with Crippen LogP contribution in [0.2, 0.25) is 0 Å². The topological polar surface area (TPSA) is 144 Å². The van der Waals surface area contributed by atoms with Crippen molar-refractivity contribution in [3.05, 3.63) is 59.9 Å². The highest BCUT2D eigenvalue weighted by molar-refractivity contribution is 5.67. The lowest BCUT2D eigenvalue weighted by atomic mass is 10.0. The molecule has 0 saturated carbocycles. The van der Waals surface area contributed by atoms with E-state index in [-0.39, 0.29) is 25.1 Å². The molecule has 0 amide bonds. The molecule has 2 aromatic carbocycles. The second kappa shape index (κ2) is 19.0. The summed E-state index contributed by atoms with van der Waals surface area (Å²) in [7, 11) is 1.65. The third-order valence-electron chi connectivity index (χ3n) is 5.16. The van der Waals surface area contributed by atoms with E-state index in [0.29, 0.717) is 18.8 Å². The molecule has 41 heavy (non-hydrogen) atoms. The Morgan fingerprint density at radius 3 is 2.05 bits per heavy atom. The summed E-state index contributed by atoms with van der Waals surface area (Å²) in [4.78, 5) is 41.7. The first-order valence-electron chi connectivity index (χ1n) is 12.7. The quantitative estimate of drug-likeness (QED) is 0.342. The van der Waals surface area contributed by atoms with Gasteiger partial charge in [0, 0.05) is 40.5 Å². The minimum atomic E-state index is -0.833. The van der Waals surface area contributed by atoms with E-state index in [0.717, 1.165) is 24.7 Å². The molecular weight excluding hydrogens is 543 g/mol. The van der Waals surface area contributed by atoms with Gasteiger partial charge in [0.1, 0.15) is 30.0 Å². The van der Waals surface area contributed by atoms with Gasteiger partial charge < -0.3 is 33.5 Å². The lowest BCUT2D eigenvalue weighted by Gasteiger charge is -2.34. The molecule has 1 saturated heterocycles. The molecule has 0 aromatic heterocycles. The molecule has 1 unspecified atom stereocenters. The van der Waals surface area contributed by atoms with Crippen LogP contribution < -0.4 is 9.47 Å². The molecule has 1 aliphatic rings. The largest absolute Gasteiger partial charge is 0.496 e. The Morgan fingerprint density at radius 2 is 1.49 bits per heavy atom. The van der Waals surface area contributed by atoms with Crippen LogP contribution in [-0.4, -0.2) is 74.2 Å². The number of benzene rings is 2. The number of carbonyl (C=O) groups excluding carboxylic acids is 3. The van der Waals surface area contributed by atoms with Crippen LogP contribution >= 0.6 is 0 Å². The van der Waals surface area contributed by atoms with E-state index in [9.17, 15) is 18.8 Å². The van der Waals surface area contributed by atoms with Crippen LogP contribution in [0.25, 0.3) is 0 Å². The normalized spacial score (nSPS) is 17.3. The highest BCUT2D eigenvalue weighted by Crippen LogP contribution is 2.21. The average Bonchev–Trinajstić information content (AvgIpc) is 2.89. The van der Waals surface area contributed by atoms with E-state index < -0.39 is 36.1 Å². The smallest absolute Gasteiger partial charge is 0.303 e. The number of hydrogen-bond acceptors (Lipinski definition) is 10. The van der Waals surface area contributed by atoms with Gasteiger partial charge >= 0.3 is 17.9 Å². The number of hydrogen-bond donors (Lipinski definition) is 1. The molecule has 0 spiro atoms. The predicted molar refractivity (Wildman–Crippen MR) is 144 cm³/mol. The van der Waals surface area contributed by atoms with Gasteiger partial charge in [-0.2, -0.15) is 0 Å². The third-order valence-corrected chi connectivity index (χ3v) is 5.16. The second-order valence-electron chi connectivity index (χ2n) is 8.67. The van der Waals surface area contributed by atoms with Crippen LogP contribution in [0, 0.1) is 5.82 Å². The number of carboxylic acids is 1. The maximum absolute atomic E-state index is 12.7. The van der Waals surface area contributed by atoms with E-state index in [2.05, 4.69) is 0 Å². The van der Waals surface area contributed by atoms with Crippen molar-refractivity contribution in [2.45, 2.75) is 58.8 Å². The van der Waals surface area contributed by atoms with Crippen molar-refractivity contribution in [3.8, 4) is 11.5 Å². The molecule has 11 nitrogen and oxygen atoms in total. The van der Waals surface area contributed by atoms with E-state index in [1.165, 1.54) is 32.9 Å². The van der Waals surface area contributed by atoms with E-state index in [4.69, 9.17) is 38.3 Å². The zero-order chi connectivity index (χ0) is 30.8. The van der Waals surface area contributed by atoms with E-state index in [1.807, 2.05) is 24.3 Å². The number of para-hydroxylation sites is 1. The molecule has 0 radical (unpaired) electrons. The maximum atomic E-state index is 12.7. The lowest BCUT2D eigenvalue weighted by molar-refractivity contribution is -0.192. The molecule has 2 aromatic rings. The molecule has 3 rings (SSSR count). The fraction of sp³-hybridized carbons (Fsp3) is 0.448. The summed E-state index contributed by atoms with van der Waals surface area (Å²) in [6, 6.07) is 13.9. The minimum Gasteiger partial charge on any atom is -0.496 e. The first-order valence-corrected chi connectivity index (χ1v) is 12.7. The van der Waals surface area contributed by atoms with Crippen LogP contribution in [0.3, 0.4) is 0 Å².